The van der Waals surface area contributed by atoms with Crippen LogP contribution in [-0.2, 0) is 6.54 Å². The maximum absolute atomic E-state index is 4.05. The van der Waals surface area contributed by atoms with E-state index in [0.29, 0.717) is 0 Å². The van der Waals surface area contributed by atoms with Gasteiger partial charge in [-0.05, 0) is 14.0 Å². The highest BCUT2D eigenvalue weighted by Crippen LogP contribution is 1.92. The van der Waals surface area contributed by atoms with Crippen LogP contribution in [0.2, 0.25) is 0 Å². The second-order valence-electron chi connectivity index (χ2n) is 2.17. The number of rotatable bonds is 2. The van der Waals surface area contributed by atoms with Gasteiger partial charge in [0.15, 0.2) is 0 Å². The lowest BCUT2D eigenvalue weighted by Gasteiger charge is -1.97. The molecule has 1 N–H and O–H groups in total. The molecule has 0 aliphatic carbocycles. The molecule has 0 amide bonds. The lowest BCUT2D eigenvalue weighted by atomic mass is 10.3. The summed E-state index contributed by atoms with van der Waals surface area (Å²) in [5.41, 5.74) is 1.12. The van der Waals surface area contributed by atoms with Crippen LogP contribution >= 0.6 is 0 Å². The van der Waals surface area contributed by atoms with Crippen LogP contribution in [0, 0.1) is 6.92 Å². The number of nitrogens with one attached hydrogen (secondary N) is 1. The molecule has 0 atom stereocenters. The SMILES string of the molecule is CNCc1cnc(C)nc1. The van der Waals surface area contributed by atoms with E-state index in [-0.39, 0.29) is 0 Å². The molecule has 0 radical (unpaired) electrons. The van der Waals surface area contributed by atoms with Crippen molar-refractivity contribution in [2.75, 3.05) is 7.05 Å². The van der Waals surface area contributed by atoms with E-state index in [1.54, 1.807) is 0 Å². The van der Waals surface area contributed by atoms with Gasteiger partial charge in [-0.3, -0.25) is 0 Å². The molecule has 0 saturated heterocycles. The van der Waals surface area contributed by atoms with Crippen molar-refractivity contribution in [3.63, 3.8) is 0 Å². The first-order valence-electron chi connectivity index (χ1n) is 3.25. The molecule has 0 saturated carbocycles. The molecular formula is C7H11N3. The molecule has 1 aromatic rings. The van der Waals surface area contributed by atoms with Crippen LogP contribution in [-0.4, -0.2) is 17.0 Å². The summed E-state index contributed by atoms with van der Waals surface area (Å²) in [6.07, 6.45) is 3.66. The van der Waals surface area contributed by atoms with E-state index < -0.39 is 0 Å². The van der Waals surface area contributed by atoms with E-state index >= 15 is 0 Å². The van der Waals surface area contributed by atoms with Gasteiger partial charge in [0.05, 0.1) is 0 Å². The van der Waals surface area contributed by atoms with Crippen molar-refractivity contribution in [1.82, 2.24) is 15.3 Å². The summed E-state index contributed by atoms with van der Waals surface area (Å²) in [5, 5.41) is 3.02. The zero-order chi connectivity index (χ0) is 7.40. The minimum Gasteiger partial charge on any atom is -0.316 e. The topological polar surface area (TPSA) is 37.8 Å². The lowest BCUT2D eigenvalue weighted by Crippen LogP contribution is -2.05. The molecule has 10 heavy (non-hydrogen) atoms. The van der Waals surface area contributed by atoms with Crippen LogP contribution < -0.4 is 5.32 Å². The van der Waals surface area contributed by atoms with Gasteiger partial charge in [-0.25, -0.2) is 9.97 Å². The van der Waals surface area contributed by atoms with Crippen molar-refractivity contribution in [3.05, 3.63) is 23.8 Å². The third-order valence-electron chi connectivity index (χ3n) is 1.22. The van der Waals surface area contributed by atoms with Crippen LogP contribution in [0.1, 0.15) is 11.4 Å². The molecule has 0 spiro atoms. The molecule has 3 nitrogen and oxygen atoms in total. The Morgan fingerprint density at radius 1 is 1.40 bits per heavy atom. The van der Waals surface area contributed by atoms with Crippen molar-refractivity contribution >= 4 is 0 Å². The summed E-state index contributed by atoms with van der Waals surface area (Å²) in [6.45, 7) is 2.71. The van der Waals surface area contributed by atoms with Gasteiger partial charge < -0.3 is 5.32 Å². The summed E-state index contributed by atoms with van der Waals surface area (Å²) in [4.78, 5) is 8.09. The van der Waals surface area contributed by atoms with Gasteiger partial charge in [-0.15, -0.1) is 0 Å². The Kier molecular flexibility index (Phi) is 2.34. The molecule has 54 valence electrons. The van der Waals surface area contributed by atoms with Gasteiger partial charge in [-0.2, -0.15) is 0 Å². The standard InChI is InChI=1S/C7H11N3/c1-6-9-4-7(3-8-2)5-10-6/h4-5,8H,3H2,1-2H3. The van der Waals surface area contributed by atoms with Crippen LogP contribution in [0.3, 0.4) is 0 Å². The predicted octanol–water partition coefficient (Wildman–Crippen LogP) is 0.504. The first kappa shape index (κ1) is 7.15. The molecular weight excluding hydrogens is 126 g/mol. The molecule has 1 heterocycles. The Labute approximate surface area is 60.5 Å². The number of aromatic nitrogens is 2. The largest absolute Gasteiger partial charge is 0.316 e. The summed E-state index contributed by atoms with van der Waals surface area (Å²) in [6, 6.07) is 0. The molecule has 0 fully saturated rings. The summed E-state index contributed by atoms with van der Waals surface area (Å²) >= 11 is 0. The molecule has 3 heteroatoms. The molecule has 1 rings (SSSR count). The smallest absolute Gasteiger partial charge is 0.125 e. The van der Waals surface area contributed by atoms with E-state index in [4.69, 9.17) is 0 Å². The average Bonchev–Trinajstić information content (AvgIpc) is 1.95. The minimum absolute atomic E-state index is 0.819. The molecule has 0 aliphatic rings. The van der Waals surface area contributed by atoms with Gasteiger partial charge >= 0.3 is 0 Å². The number of hydrogen-bond donors (Lipinski definition) is 1. The molecule has 0 unspecified atom stereocenters. The summed E-state index contributed by atoms with van der Waals surface area (Å²) in [7, 11) is 1.90. The van der Waals surface area contributed by atoms with Crippen molar-refractivity contribution in [2.24, 2.45) is 0 Å². The third kappa shape index (κ3) is 1.77. The Morgan fingerprint density at radius 3 is 2.50 bits per heavy atom. The third-order valence-corrected chi connectivity index (χ3v) is 1.22. The van der Waals surface area contributed by atoms with Gasteiger partial charge in [0.1, 0.15) is 5.82 Å². The highest BCUT2D eigenvalue weighted by molar-refractivity contribution is 5.03. The van der Waals surface area contributed by atoms with E-state index in [1.807, 2.05) is 26.4 Å². The summed E-state index contributed by atoms with van der Waals surface area (Å²) in [5.74, 6) is 0.819. The normalized spacial score (nSPS) is 9.80. The molecule has 0 aliphatic heterocycles. The monoisotopic (exact) mass is 137 g/mol. The number of hydrogen-bond acceptors (Lipinski definition) is 3. The first-order chi connectivity index (χ1) is 4.83. The van der Waals surface area contributed by atoms with Gasteiger partial charge in [0.25, 0.3) is 0 Å². The highest BCUT2D eigenvalue weighted by Gasteiger charge is 1.89. The van der Waals surface area contributed by atoms with Gasteiger partial charge in [0.2, 0.25) is 0 Å². The highest BCUT2D eigenvalue weighted by atomic mass is 14.9. The van der Waals surface area contributed by atoms with E-state index in [9.17, 15) is 0 Å². The van der Waals surface area contributed by atoms with Crippen molar-refractivity contribution in [2.45, 2.75) is 13.5 Å². The van der Waals surface area contributed by atoms with Crippen molar-refractivity contribution in [3.8, 4) is 0 Å². The lowest BCUT2D eigenvalue weighted by molar-refractivity contribution is 0.802. The second kappa shape index (κ2) is 3.27. The maximum atomic E-state index is 4.05. The molecule has 0 aromatic carbocycles. The first-order valence-corrected chi connectivity index (χ1v) is 3.25. The van der Waals surface area contributed by atoms with Gasteiger partial charge in [-0.1, -0.05) is 0 Å². The van der Waals surface area contributed by atoms with Crippen molar-refractivity contribution in [1.29, 1.82) is 0 Å². The fourth-order valence-corrected chi connectivity index (χ4v) is 0.715. The van der Waals surface area contributed by atoms with Crippen LogP contribution in [0.5, 0.6) is 0 Å². The Hall–Kier alpha value is -0.960. The van der Waals surface area contributed by atoms with Crippen molar-refractivity contribution < 1.29 is 0 Å². The molecule has 1 aromatic heterocycles. The number of aryl methyl sites for hydroxylation is 1. The zero-order valence-electron chi connectivity index (χ0n) is 6.26. The van der Waals surface area contributed by atoms with Gasteiger partial charge in [0, 0.05) is 24.5 Å². The maximum Gasteiger partial charge on any atom is 0.125 e. The van der Waals surface area contributed by atoms with E-state index in [0.717, 1.165) is 17.9 Å². The van der Waals surface area contributed by atoms with E-state index in [2.05, 4.69) is 15.3 Å². The van der Waals surface area contributed by atoms with E-state index in [1.165, 1.54) is 0 Å². The quantitative estimate of drug-likeness (QED) is 0.645. The average molecular weight is 137 g/mol. The zero-order valence-corrected chi connectivity index (χ0v) is 6.26. The second-order valence-corrected chi connectivity index (χ2v) is 2.17. The molecule has 0 bridgehead atoms. The predicted molar refractivity (Wildman–Crippen MR) is 39.5 cm³/mol. The Balaban J connectivity index is 2.69. The van der Waals surface area contributed by atoms with Crippen LogP contribution in [0.15, 0.2) is 12.4 Å². The fourth-order valence-electron chi connectivity index (χ4n) is 0.715. The van der Waals surface area contributed by atoms with Crippen LogP contribution in [0.25, 0.3) is 0 Å². The minimum atomic E-state index is 0.819. The fraction of sp³-hybridized carbons (Fsp3) is 0.429. The van der Waals surface area contributed by atoms with Crippen LogP contribution in [0.4, 0.5) is 0 Å². The Morgan fingerprint density at radius 2 is 2.00 bits per heavy atom. The Bertz CT molecular complexity index is 193. The summed E-state index contributed by atoms with van der Waals surface area (Å²) < 4.78 is 0. The number of nitrogens with zero attached hydrogens (tertiary/aromatic N) is 2.